The maximum atomic E-state index is 5.82. The van der Waals surface area contributed by atoms with Gasteiger partial charge in [-0.1, -0.05) is 378 Å². The third kappa shape index (κ3) is 17.2. The van der Waals surface area contributed by atoms with Crippen LogP contribution in [0.25, 0.3) is 160 Å². The molecule has 0 amide bonds. The van der Waals surface area contributed by atoms with Crippen LogP contribution in [0, 0.1) is 0 Å². The SMILES string of the molecule is C.C.C.C.C.CC(C)(C)c1ccc2c(c1)c1ccccc1n2-c1ccccc1.CC(C)(C)c1ccc2c3ccccc3n(-c3ccccc3)c2c1.CC(C)(C)c1ccc2oc3ccccc3c2c1.CC(C)(C)c1cccc2c1c1ccccc1n2-c1ccccc1.CC(C)(C)c1nc(-n2c3ccccc3c3ccccc32)nc(-n2c3ccccc3c3ccccc32)n1. The maximum absolute atomic E-state index is 5.82. The van der Waals surface area contributed by atoms with Gasteiger partial charge in [0.1, 0.15) is 17.0 Å². The lowest BCUT2D eigenvalue weighted by atomic mass is 9.84. The number of rotatable bonds is 5. The van der Waals surface area contributed by atoms with E-state index in [1.165, 1.54) is 137 Å². The molecule has 22 aromatic rings. The minimum Gasteiger partial charge on any atom is -0.456 e. The second-order valence-electron chi connectivity index (χ2n) is 37.3. The highest BCUT2D eigenvalue weighted by atomic mass is 16.3. The van der Waals surface area contributed by atoms with Crippen LogP contribution in [-0.2, 0) is 27.1 Å². The number of para-hydroxylation sites is 11. The molecule has 0 fully saturated rings. The van der Waals surface area contributed by atoms with Crippen molar-refractivity contribution < 1.29 is 4.42 Å². The summed E-state index contributed by atoms with van der Waals surface area (Å²) < 4.78 is 17.3. The summed E-state index contributed by atoms with van der Waals surface area (Å²) in [5.41, 5.74) is 23.3. The van der Waals surface area contributed by atoms with Crippen LogP contribution in [0.15, 0.2) is 362 Å². The van der Waals surface area contributed by atoms with Crippen LogP contribution >= 0.6 is 0 Å². The Hall–Kier alpha value is -13.9. The number of aromatic nitrogens is 8. The van der Waals surface area contributed by atoms with Gasteiger partial charge in [-0.15, -0.1) is 0 Å². The van der Waals surface area contributed by atoms with Crippen LogP contribution in [0.3, 0.4) is 0 Å². The molecule has 0 atom stereocenters. The maximum Gasteiger partial charge on any atom is 0.239 e. The molecule has 9 nitrogen and oxygen atoms in total. The predicted molar refractivity (Wildman–Crippen MR) is 552 cm³/mol. The van der Waals surface area contributed by atoms with Crippen molar-refractivity contribution >= 4 is 131 Å². The van der Waals surface area contributed by atoms with E-state index < -0.39 is 0 Å². The number of fused-ring (bicyclic) bond motifs is 18. The van der Waals surface area contributed by atoms with E-state index in [1.54, 1.807) is 0 Å². The van der Waals surface area contributed by atoms with Gasteiger partial charge in [0.25, 0.3) is 0 Å². The van der Waals surface area contributed by atoms with E-state index in [1.807, 2.05) is 12.1 Å². The van der Waals surface area contributed by atoms with Crippen LogP contribution in [0.1, 0.15) is 169 Å². The molecule has 0 aliphatic rings. The largest absolute Gasteiger partial charge is 0.456 e. The highest BCUT2D eigenvalue weighted by molar-refractivity contribution is 6.14. The van der Waals surface area contributed by atoms with E-state index in [4.69, 9.17) is 19.4 Å². The number of benzene rings is 15. The van der Waals surface area contributed by atoms with Crippen molar-refractivity contribution in [3.63, 3.8) is 0 Å². The summed E-state index contributed by atoms with van der Waals surface area (Å²) in [6.45, 7) is 33.6. The fraction of sp³-hybridized carbons (Fsp3) is 0.212. The molecule has 0 bridgehead atoms. The smallest absolute Gasteiger partial charge is 0.239 e. The molecule has 642 valence electrons. The number of hydrogen-bond acceptors (Lipinski definition) is 4. The summed E-state index contributed by atoms with van der Waals surface area (Å²) >= 11 is 0. The fourth-order valence-corrected chi connectivity index (χ4v) is 17.4. The van der Waals surface area contributed by atoms with Gasteiger partial charge in [-0.2, -0.15) is 15.0 Å². The highest BCUT2D eigenvalue weighted by Gasteiger charge is 2.28. The van der Waals surface area contributed by atoms with Gasteiger partial charge in [-0.3, -0.25) is 9.13 Å². The van der Waals surface area contributed by atoms with Crippen molar-refractivity contribution in [3.8, 4) is 29.0 Å². The second-order valence-corrected chi connectivity index (χ2v) is 37.3. The molecule has 22 rings (SSSR count). The van der Waals surface area contributed by atoms with Crippen LogP contribution in [0.4, 0.5) is 0 Å². The second kappa shape index (κ2) is 36.0. The van der Waals surface area contributed by atoms with Gasteiger partial charge in [0.2, 0.25) is 11.9 Å². The van der Waals surface area contributed by atoms with Gasteiger partial charge in [-0.05, 0) is 165 Å². The molecule has 7 heterocycles. The summed E-state index contributed by atoms with van der Waals surface area (Å²) in [6, 6.07) is 127. The van der Waals surface area contributed by atoms with Crippen LogP contribution < -0.4 is 0 Å². The van der Waals surface area contributed by atoms with E-state index in [0.29, 0.717) is 11.9 Å². The van der Waals surface area contributed by atoms with Gasteiger partial charge in [0, 0.05) is 87.1 Å². The first kappa shape index (κ1) is 90.8. The van der Waals surface area contributed by atoms with Crippen LogP contribution in [-0.4, -0.2) is 37.8 Å². The zero-order valence-corrected chi connectivity index (χ0v) is 72.5. The minimum absolute atomic E-state index is 0. The van der Waals surface area contributed by atoms with Gasteiger partial charge in [0.05, 0.1) is 55.2 Å². The Kier molecular flexibility index (Phi) is 25.7. The van der Waals surface area contributed by atoms with Gasteiger partial charge < -0.3 is 18.1 Å². The number of hydrogen-bond donors (Lipinski definition) is 0. The average molecular weight is 1670 g/mol. The third-order valence-electron chi connectivity index (χ3n) is 23.7. The Labute approximate surface area is 751 Å². The highest BCUT2D eigenvalue weighted by Crippen LogP contribution is 2.43. The number of nitrogens with zero attached hydrogens (tertiary/aromatic N) is 8. The van der Waals surface area contributed by atoms with Gasteiger partial charge in [0.15, 0.2) is 0 Å². The lowest BCUT2D eigenvalue weighted by Crippen LogP contribution is -2.20. The molecule has 0 saturated heterocycles. The first-order valence-corrected chi connectivity index (χ1v) is 42.7. The zero-order chi connectivity index (χ0) is 84.6. The topological polar surface area (TPSA) is 76.5 Å². The first-order chi connectivity index (χ1) is 58.7. The van der Waals surface area contributed by atoms with Crippen molar-refractivity contribution in [2.24, 2.45) is 0 Å². The van der Waals surface area contributed by atoms with Crippen molar-refractivity contribution in [1.29, 1.82) is 0 Å². The third-order valence-corrected chi connectivity index (χ3v) is 23.7. The molecule has 0 aliphatic heterocycles. The lowest BCUT2D eigenvalue weighted by molar-refractivity contribution is 0.537. The monoisotopic (exact) mass is 1670 g/mol. The molecule has 7 aromatic heterocycles. The van der Waals surface area contributed by atoms with Crippen molar-refractivity contribution in [2.45, 2.75) is 168 Å². The van der Waals surface area contributed by atoms with Gasteiger partial charge >= 0.3 is 0 Å². The van der Waals surface area contributed by atoms with E-state index in [9.17, 15) is 0 Å². The van der Waals surface area contributed by atoms with E-state index in [2.05, 4.69) is 472 Å². The normalized spacial score (nSPS) is 11.7. The van der Waals surface area contributed by atoms with Crippen molar-refractivity contribution in [1.82, 2.24) is 37.8 Å². The molecule has 0 N–H and O–H groups in total. The van der Waals surface area contributed by atoms with E-state index in [0.717, 1.165) is 39.1 Å². The predicted octanol–water partition coefficient (Wildman–Crippen LogP) is 33.7. The fourth-order valence-electron chi connectivity index (χ4n) is 17.4. The summed E-state index contributed by atoms with van der Waals surface area (Å²) in [5, 5.41) is 15.1. The summed E-state index contributed by atoms with van der Waals surface area (Å²) in [4.78, 5) is 15.2. The van der Waals surface area contributed by atoms with Crippen LogP contribution in [0.2, 0.25) is 0 Å². The molecular formula is C118H124N8O. The molecule has 0 radical (unpaired) electrons. The molecule has 0 aliphatic carbocycles. The molecule has 127 heavy (non-hydrogen) atoms. The van der Waals surface area contributed by atoms with Gasteiger partial charge in [-0.25, -0.2) is 0 Å². The first-order valence-electron chi connectivity index (χ1n) is 42.7. The Balaban J connectivity index is 0.000000137. The quantitative estimate of drug-likeness (QED) is 0.172. The molecule has 15 aromatic carbocycles. The Bertz CT molecular complexity index is 7350. The number of furan rings is 1. The Morgan fingerprint density at radius 2 is 0.488 bits per heavy atom. The molecule has 0 saturated carbocycles. The molecule has 0 spiro atoms. The average Bonchev–Trinajstić information content (AvgIpc) is 1.60. The Morgan fingerprint density at radius 1 is 0.197 bits per heavy atom. The standard InChI is InChI=1S/C31H25N5.3C22H21N.C16H16O.5CH4/c1-31(2,3)28-32-29(35-24-16-8-4-12-20(24)21-13-5-9-17-25(21)35)34-30(33-28)36-26-18-10-6-14-22(26)23-15-7-11-19-27(23)36;1-22(2,3)18-13-9-15-20-21(18)17-12-7-8-14-19(17)23(20)16-10-5-4-6-11-16;1-22(2,3)16-13-14-21-19(15-16)18-11-7-8-12-20(18)23(21)17-9-5-4-6-10-17;1-22(2,3)16-13-14-19-18-11-7-8-12-20(18)23(21(19)15-16)17-9-5-4-6-10-17;1-16(2,3)11-8-9-15-13(10-11)12-6-4-5-7-14(12)17-15;;;;;/h4-19H,1-3H3;3*4-15H,1-3H3;4-10H,1-3H3;5*1H4. The summed E-state index contributed by atoms with van der Waals surface area (Å²) in [5.74, 6) is 2.01. The molecule has 9 heteroatoms. The zero-order valence-electron chi connectivity index (χ0n) is 72.5. The van der Waals surface area contributed by atoms with E-state index in [-0.39, 0.29) is 64.2 Å². The molecule has 0 unspecified atom stereocenters. The lowest BCUT2D eigenvalue weighted by Gasteiger charge is -2.20. The Morgan fingerprint density at radius 3 is 0.898 bits per heavy atom. The summed E-state index contributed by atoms with van der Waals surface area (Å²) in [6.07, 6.45) is 0. The van der Waals surface area contributed by atoms with Crippen molar-refractivity contribution in [3.05, 3.63) is 386 Å². The van der Waals surface area contributed by atoms with E-state index >= 15 is 0 Å². The van der Waals surface area contributed by atoms with Crippen molar-refractivity contribution in [2.75, 3.05) is 0 Å². The minimum atomic E-state index is -0.260. The summed E-state index contributed by atoms with van der Waals surface area (Å²) in [7, 11) is 0. The van der Waals surface area contributed by atoms with Crippen LogP contribution in [0.5, 0.6) is 0 Å². The molecular weight excluding hydrogens is 1550 g/mol.